The summed E-state index contributed by atoms with van der Waals surface area (Å²) in [6, 6.07) is 14.6. The summed E-state index contributed by atoms with van der Waals surface area (Å²) < 4.78 is 21.5. The predicted octanol–water partition coefficient (Wildman–Crippen LogP) is 3.69. The fourth-order valence-electron chi connectivity index (χ4n) is 2.44. The predicted molar refractivity (Wildman–Crippen MR) is 89.1 cm³/mol. The number of anilines is 2. The molecule has 0 unspecified atom stereocenters. The van der Waals surface area contributed by atoms with Gasteiger partial charge in [0.2, 0.25) is 24.3 Å². The van der Waals surface area contributed by atoms with E-state index in [0.29, 0.717) is 23.1 Å². The first-order valence-electron chi connectivity index (χ1n) is 7.49. The van der Waals surface area contributed by atoms with Crippen molar-refractivity contribution < 1.29 is 18.6 Å². The van der Waals surface area contributed by atoms with Crippen LogP contribution in [0, 0.1) is 11.3 Å². The maximum absolute atomic E-state index is 9.32. The summed E-state index contributed by atoms with van der Waals surface area (Å²) in [6.45, 7) is 0.201. The number of nitrogens with one attached hydrogen (secondary N) is 1. The van der Waals surface area contributed by atoms with Gasteiger partial charge in [-0.05, 0) is 36.4 Å². The lowest BCUT2D eigenvalue weighted by Crippen LogP contribution is -1.93. The van der Waals surface area contributed by atoms with Crippen LogP contribution in [0.3, 0.4) is 0 Å². The fourth-order valence-corrected chi connectivity index (χ4v) is 2.44. The van der Waals surface area contributed by atoms with Crippen LogP contribution in [0.5, 0.6) is 17.2 Å². The van der Waals surface area contributed by atoms with Crippen LogP contribution in [-0.2, 0) is 0 Å². The first-order valence-corrected chi connectivity index (χ1v) is 7.49. The zero-order valence-corrected chi connectivity index (χ0v) is 13.3. The van der Waals surface area contributed by atoms with Gasteiger partial charge in [-0.2, -0.15) is 10.2 Å². The molecule has 3 aromatic rings. The molecule has 0 aliphatic carbocycles. The third kappa shape index (κ3) is 2.81. The molecule has 0 saturated heterocycles. The van der Waals surface area contributed by atoms with Crippen LogP contribution < -0.4 is 19.5 Å². The highest BCUT2D eigenvalue weighted by molar-refractivity contribution is 5.66. The fraction of sp³-hybridized carbons (Fsp3) is 0.111. The summed E-state index contributed by atoms with van der Waals surface area (Å²) in [7, 11) is 1.60. The van der Waals surface area contributed by atoms with Gasteiger partial charge in [0.1, 0.15) is 11.8 Å². The van der Waals surface area contributed by atoms with Crippen LogP contribution >= 0.6 is 0 Å². The Kier molecular flexibility index (Phi) is 3.63. The van der Waals surface area contributed by atoms with E-state index in [-0.39, 0.29) is 18.4 Å². The molecule has 2 aromatic carbocycles. The van der Waals surface area contributed by atoms with E-state index < -0.39 is 0 Å². The third-order valence-electron chi connectivity index (χ3n) is 3.70. The number of oxazole rings is 1. The highest BCUT2D eigenvalue weighted by Crippen LogP contribution is 2.36. The first-order chi connectivity index (χ1) is 12.3. The first kappa shape index (κ1) is 14.9. The monoisotopic (exact) mass is 335 g/mol. The lowest BCUT2D eigenvalue weighted by molar-refractivity contribution is 0.174. The third-order valence-corrected chi connectivity index (χ3v) is 3.70. The molecule has 7 heteroatoms. The molecule has 25 heavy (non-hydrogen) atoms. The summed E-state index contributed by atoms with van der Waals surface area (Å²) in [5, 5.41) is 12.4. The second-order valence-corrected chi connectivity index (χ2v) is 5.23. The van der Waals surface area contributed by atoms with Crippen molar-refractivity contribution in [3.05, 3.63) is 48.2 Å². The van der Waals surface area contributed by atoms with Gasteiger partial charge >= 0.3 is 0 Å². The van der Waals surface area contributed by atoms with E-state index in [1.807, 2.05) is 24.3 Å². The molecule has 0 amide bonds. The molecule has 1 aromatic heterocycles. The Morgan fingerprint density at radius 3 is 2.68 bits per heavy atom. The van der Waals surface area contributed by atoms with Crippen molar-refractivity contribution in [2.24, 2.45) is 0 Å². The summed E-state index contributed by atoms with van der Waals surface area (Å²) in [6.07, 6.45) is 0. The number of fused-ring (bicyclic) bond motifs is 1. The van der Waals surface area contributed by atoms with Crippen LogP contribution in [0.25, 0.3) is 11.5 Å². The lowest BCUT2D eigenvalue weighted by Gasteiger charge is -2.04. The molecule has 0 bridgehead atoms. The standard InChI is InChI=1S/C18H13N3O4/c1-22-13-5-2-11(3-6-13)17-21-14(9-19)18(25-17)20-12-4-7-15-16(8-12)24-10-23-15/h2-8,20H,10H2,1H3. The largest absolute Gasteiger partial charge is 0.497 e. The Morgan fingerprint density at radius 2 is 1.92 bits per heavy atom. The number of hydrogen-bond acceptors (Lipinski definition) is 7. The zero-order valence-electron chi connectivity index (χ0n) is 13.3. The van der Waals surface area contributed by atoms with Crippen LogP contribution in [0.1, 0.15) is 5.69 Å². The van der Waals surface area contributed by atoms with Crippen molar-refractivity contribution in [3.63, 3.8) is 0 Å². The molecule has 7 nitrogen and oxygen atoms in total. The topological polar surface area (TPSA) is 89.5 Å². The Hall–Kier alpha value is -3.66. The number of rotatable bonds is 4. The van der Waals surface area contributed by atoms with Crippen molar-refractivity contribution >= 4 is 11.6 Å². The number of ether oxygens (including phenoxy) is 3. The second kappa shape index (κ2) is 6.09. The van der Waals surface area contributed by atoms with E-state index in [4.69, 9.17) is 18.6 Å². The molecular formula is C18H13N3O4. The Bertz CT molecular complexity index is 957. The van der Waals surface area contributed by atoms with Crippen LogP contribution in [0.15, 0.2) is 46.9 Å². The van der Waals surface area contributed by atoms with Gasteiger partial charge in [0.25, 0.3) is 0 Å². The lowest BCUT2D eigenvalue weighted by atomic mass is 10.2. The van der Waals surface area contributed by atoms with Gasteiger partial charge in [0.05, 0.1) is 7.11 Å². The van der Waals surface area contributed by atoms with Crippen LogP contribution in [-0.4, -0.2) is 18.9 Å². The summed E-state index contributed by atoms with van der Waals surface area (Å²) in [5.41, 5.74) is 1.62. The SMILES string of the molecule is COc1ccc(-c2nc(C#N)c(Nc3ccc4c(c3)OCO4)o2)cc1. The van der Waals surface area contributed by atoms with Gasteiger partial charge in [-0.1, -0.05) is 0 Å². The van der Waals surface area contributed by atoms with Crippen molar-refractivity contribution in [2.45, 2.75) is 0 Å². The molecule has 0 spiro atoms. The average Bonchev–Trinajstić information content (AvgIpc) is 3.28. The molecule has 0 radical (unpaired) electrons. The van der Waals surface area contributed by atoms with E-state index in [2.05, 4.69) is 10.3 Å². The molecule has 1 aliphatic heterocycles. The molecule has 4 rings (SSSR count). The molecule has 0 fully saturated rings. The van der Waals surface area contributed by atoms with Gasteiger partial charge < -0.3 is 23.9 Å². The van der Waals surface area contributed by atoms with Gasteiger partial charge in [-0.15, -0.1) is 0 Å². The molecular weight excluding hydrogens is 322 g/mol. The number of aromatic nitrogens is 1. The second-order valence-electron chi connectivity index (χ2n) is 5.23. The van der Waals surface area contributed by atoms with Crippen molar-refractivity contribution in [1.82, 2.24) is 4.98 Å². The van der Waals surface area contributed by atoms with Gasteiger partial charge in [0, 0.05) is 17.3 Å². The highest BCUT2D eigenvalue weighted by Gasteiger charge is 2.17. The number of nitrogens with zero attached hydrogens (tertiary/aromatic N) is 2. The molecule has 1 N–H and O–H groups in total. The maximum Gasteiger partial charge on any atom is 0.236 e. The van der Waals surface area contributed by atoms with E-state index in [1.54, 1.807) is 31.4 Å². The smallest absolute Gasteiger partial charge is 0.236 e. The minimum atomic E-state index is 0.170. The molecule has 1 aliphatic rings. The maximum atomic E-state index is 9.32. The zero-order chi connectivity index (χ0) is 17.2. The minimum Gasteiger partial charge on any atom is -0.497 e. The molecule has 2 heterocycles. The summed E-state index contributed by atoms with van der Waals surface area (Å²) >= 11 is 0. The quantitative estimate of drug-likeness (QED) is 0.777. The van der Waals surface area contributed by atoms with Crippen LogP contribution in [0.4, 0.5) is 11.6 Å². The number of hydrogen-bond donors (Lipinski definition) is 1. The van der Waals surface area contributed by atoms with Gasteiger partial charge in [0.15, 0.2) is 11.5 Å². The Labute approximate surface area is 143 Å². The Morgan fingerprint density at radius 1 is 1.12 bits per heavy atom. The van der Waals surface area contributed by atoms with Crippen molar-refractivity contribution in [1.29, 1.82) is 5.26 Å². The van der Waals surface area contributed by atoms with Gasteiger partial charge in [-0.25, -0.2) is 0 Å². The molecule has 0 saturated carbocycles. The molecule has 124 valence electrons. The van der Waals surface area contributed by atoms with Crippen molar-refractivity contribution in [3.8, 4) is 34.8 Å². The normalized spacial score (nSPS) is 11.8. The van der Waals surface area contributed by atoms with E-state index in [1.165, 1.54) is 0 Å². The number of benzene rings is 2. The molecule has 0 atom stereocenters. The minimum absolute atomic E-state index is 0.170. The van der Waals surface area contributed by atoms with E-state index in [0.717, 1.165) is 11.3 Å². The van der Waals surface area contributed by atoms with Crippen molar-refractivity contribution in [2.75, 3.05) is 19.2 Å². The van der Waals surface area contributed by atoms with Gasteiger partial charge in [-0.3, -0.25) is 0 Å². The average molecular weight is 335 g/mol. The number of nitriles is 1. The summed E-state index contributed by atoms with van der Waals surface area (Å²) in [4.78, 5) is 4.24. The Balaban J connectivity index is 1.63. The highest BCUT2D eigenvalue weighted by atomic mass is 16.7. The van der Waals surface area contributed by atoms with Crippen LogP contribution in [0.2, 0.25) is 0 Å². The van der Waals surface area contributed by atoms with E-state index >= 15 is 0 Å². The summed E-state index contributed by atoms with van der Waals surface area (Å²) in [5.74, 6) is 2.67. The van der Waals surface area contributed by atoms with E-state index in [9.17, 15) is 5.26 Å². The number of methoxy groups -OCH3 is 1.